The van der Waals surface area contributed by atoms with Gasteiger partial charge >= 0.3 is 0 Å². The highest BCUT2D eigenvalue weighted by Crippen LogP contribution is 2.17. The maximum atomic E-state index is 12.9. The van der Waals surface area contributed by atoms with E-state index in [1.807, 2.05) is 23.9 Å². The highest BCUT2D eigenvalue weighted by molar-refractivity contribution is 9.10. The Bertz CT molecular complexity index is 476. The van der Waals surface area contributed by atoms with Crippen molar-refractivity contribution < 1.29 is 9.13 Å². The Morgan fingerprint density at radius 1 is 1.38 bits per heavy atom. The second-order valence-corrected chi connectivity index (χ2v) is 4.34. The van der Waals surface area contributed by atoms with Crippen molar-refractivity contribution in [1.29, 1.82) is 0 Å². The summed E-state index contributed by atoms with van der Waals surface area (Å²) in [7, 11) is 1.94. The predicted octanol–water partition coefficient (Wildman–Crippen LogP) is 3.51. The molecule has 0 saturated heterocycles. The first-order valence-corrected chi connectivity index (χ1v) is 5.63. The molecule has 4 heteroatoms. The number of hydrogen-bond acceptors (Lipinski definition) is 1. The fourth-order valence-corrected chi connectivity index (χ4v) is 1.80. The van der Waals surface area contributed by atoms with Gasteiger partial charge in [-0.1, -0.05) is 6.07 Å². The van der Waals surface area contributed by atoms with E-state index in [2.05, 4.69) is 15.9 Å². The SMILES string of the molecule is Cn1cc(COc2cccc(F)c2)cc1Br. The van der Waals surface area contributed by atoms with E-state index >= 15 is 0 Å². The molecule has 84 valence electrons. The van der Waals surface area contributed by atoms with E-state index in [4.69, 9.17) is 4.74 Å². The summed E-state index contributed by atoms with van der Waals surface area (Å²) in [6.07, 6.45) is 1.96. The molecule has 2 rings (SSSR count). The Hall–Kier alpha value is -1.29. The molecular formula is C12H11BrFNO. The van der Waals surface area contributed by atoms with Gasteiger partial charge in [-0.05, 0) is 34.1 Å². The van der Waals surface area contributed by atoms with E-state index < -0.39 is 0 Å². The van der Waals surface area contributed by atoms with Crippen LogP contribution < -0.4 is 4.74 Å². The van der Waals surface area contributed by atoms with E-state index in [-0.39, 0.29) is 5.82 Å². The molecule has 0 fully saturated rings. The lowest BCUT2D eigenvalue weighted by Gasteiger charge is -2.04. The van der Waals surface area contributed by atoms with E-state index in [0.29, 0.717) is 12.4 Å². The molecule has 0 aliphatic heterocycles. The van der Waals surface area contributed by atoms with Crippen LogP contribution >= 0.6 is 15.9 Å². The minimum absolute atomic E-state index is 0.285. The van der Waals surface area contributed by atoms with Crippen molar-refractivity contribution in [2.24, 2.45) is 7.05 Å². The van der Waals surface area contributed by atoms with Crippen molar-refractivity contribution in [3.05, 3.63) is 52.5 Å². The molecule has 16 heavy (non-hydrogen) atoms. The fraction of sp³-hybridized carbons (Fsp3) is 0.167. The number of benzene rings is 1. The van der Waals surface area contributed by atoms with Crippen molar-refractivity contribution in [2.75, 3.05) is 0 Å². The highest BCUT2D eigenvalue weighted by Gasteiger charge is 2.01. The van der Waals surface area contributed by atoms with Crippen LogP contribution in [0.1, 0.15) is 5.56 Å². The van der Waals surface area contributed by atoms with Crippen LogP contribution in [0.15, 0.2) is 41.1 Å². The van der Waals surface area contributed by atoms with E-state index in [9.17, 15) is 4.39 Å². The summed E-state index contributed by atoms with van der Waals surface area (Å²) in [4.78, 5) is 0. The lowest BCUT2D eigenvalue weighted by Crippen LogP contribution is -1.94. The van der Waals surface area contributed by atoms with E-state index in [1.165, 1.54) is 12.1 Å². The largest absolute Gasteiger partial charge is 0.489 e. The van der Waals surface area contributed by atoms with Crippen LogP contribution in [0.2, 0.25) is 0 Å². The van der Waals surface area contributed by atoms with Crippen molar-refractivity contribution in [3.8, 4) is 5.75 Å². The summed E-state index contributed by atoms with van der Waals surface area (Å²) in [5, 5.41) is 0. The summed E-state index contributed by atoms with van der Waals surface area (Å²) >= 11 is 3.40. The first-order chi connectivity index (χ1) is 7.65. The average molecular weight is 284 g/mol. The molecule has 0 saturated carbocycles. The standard InChI is InChI=1S/C12H11BrFNO/c1-15-7-9(5-12(15)13)8-16-11-4-2-3-10(14)6-11/h2-7H,8H2,1H3. The van der Waals surface area contributed by atoms with Crippen LogP contribution in [0.5, 0.6) is 5.75 Å². The van der Waals surface area contributed by atoms with Gasteiger partial charge in [-0.15, -0.1) is 0 Å². The number of halogens is 2. The summed E-state index contributed by atoms with van der Waals surface area (Å²) in [6.45, 7) is 0.433. The van der Waals surface area contributed by atoms with Gasteiger partial charge in [-0.3, -0.25) is 0 Å². The van der Waals surface area contributed by atoms with Gasteiger partial charge in [0.15, 0.2) is 0 Å². The van der Waals surface area contributed by atoms with Crippen molar-refractivity contribution in [3.63, 3.8) is 0 Å². The molecule has 0 bridgehead atoms. The van der Waals surface area contributed by atoms with E-state index in [1.54, 1.807) is 12.1 Å². The quantitative estimate of drug-likeness (QED) is 0.841. The van der Waals surface area contributed by atoms with Crippen LogP contribution in [0.3, 0.4) is 0 Å². The summed E-state index contributed by atoms with van der Waals surface area (Å²) < 4.78 is 21.3. The Kier molecular flexibility index (Phi) is 3.29. The van der Waals surface area contributed by atoms with Crippen molar-refractivity contribution in [1.82, 2.24) is 4.57 Å². The first-order valence-electron chi connectivity index (χ1n) is 4.84. The van der Waals surface area contributed by atoms with Crippen molar-refractivity contribution >= 4 is 15.9 Å². The van der Waals surface area contributed by atoms with Gasteiger partial charge in [0.25, 0.3) is 0 Å². The molecule has 0 aliphatic carbocycles. The van der Waals surface area contributed by atoms with Crippen LogP contribution in [-0.2, 0) is 13.7 Å². The molecule has 2 aromatic rings. The van der Waals surface area contributed by atoms with Crippen LogP contribution in [0.25, 0.3) is 0 Å². The zero-order valence-electron chi connectivity index (χ0n) is 8.78. The molecule has 0 unspecified atom stereocenters. The van der Waals surface area contributed by atoms with Gasteiger partial charge < -0.3 is 9.30 Å². The van der Waals surface area contributed by atoms with Gasteiger partial charge in [-0.2, -0.15) is 0 Å². The summed E-state index contributed by atoms with van der Waals surface area (Å²) in [5.41, 5.74) is 1.04. The molecule has 1 heterocycles. The third-order valence-corrected chi connectivity index (χ3v) is 2.99. The zero-order chi connectivity index (χ0) is 11.5. The second kappa shape index (κ2) is 4.70. The van der Waals surface area contributed by atoms with Crippen LogP contribution in [0.4, 0.5) is 4.39 Å². The maximum absolute atomic E-state index is 12.9. The van der Waals surface area contributed by atoms with Crippen LogP contribution in [-0.4, -0.2) is 4.57 Å². The van der Waals surface area contributed by atoms with E-state index in [0.717, 1.165) is 10.2 Å². The van der Waals surface area contributed by atoms with Crippen LogP contribution in [0, 0.1) is 5.82 Å². The lowest BCUT2D eigenvalue weighted by atomic mass is 10.3. The molecule has 1 aromatic heterocycles. The van der Waals surface area contributed by atoms with Gasteiger partial charge in [0.05, 0.1) is 4.60 Å². The minimum atomic E-state index is -0.285. The normalized spacial score (nSPS) is 10.4. The number of aryl methyl sites for hydroxylation is 1. The van der Waals surface area contributed by atoms with Gasteiger partial charge in [-0.25, -0.2) is 4.39 Å². The van der Waals surface area contributed by atoms with Gasteiger partial charge in [0.1, 0.15) is 18.2 Å². The number of hydrogen-bond donors (Lipinski definition) is 0. The summed E-state index contributed by atoms with van der Waals surface area (Å²) in [6, 6.07) is 8.11. The second-order valence-electron chi connectivity index (χ2n) is 3.53. The summed E-state index contributed by atoms with van der Waals surface area (Å²) in [5.74, 6) is 0.256. The molecular weight excluding hydrogens is 273 g/mol. The molecule has 0 spiro atoms. The third-order valence-electron chi connectivity index (χ3n) is 2.20. The van der Waals surface area contributed by atoms with Gasteiger partial charge in [0, 0.05) is 24.9 Å². The molecule has 1 aromatic carbocycles. The third kappa shape index (κ3) is 2.64. The number of nitrogens with zero attached hydrogens (tertiary/aromatic N) is 1. The maximum Gasteiger partial charge on any atom is 0.126 e. The smallest absolute Gasteiger partial charge is 0.126 e. The Balaban J connectivity index is 2.02. The fourth-order valence-electron chi connectivity index (χ4n) is 1.40. The first kappa shape index (κ1) is 11.2. The zero-order valence-corrected chi connectivity index (χ0v) is 10.4. The molecule has 2 nitrogen and oxygen atoms in total. The van der Waals surface area contributed by atoms with Crippen molar-refractivity contribution in [2.45, 2.75) is 6.61 Å². The minimum Gasteiger partial charge on any atom is -0.489 e. The predicted molar refractivity (Wildman–Crippen MR) is 63.8 cm³/mol. The highest BCUT2D eigenvalue weighted by atomic mass is 79.9. The lowest BCUT2D eigenvalue weighted by molar-refractivity contribution is 0.304. The van der Waals surface area contributed by atoms with Gasteiger partial charge in [0.2, 0.25) is 0 Å². The monoisotopic (exact) mass is 283 g/mol. The average Bonchev–Trinajstić information content (AvgIpc) is 2.56. The Labute approximate surface area is 102 Å². The Morgan fingerprint density at radius 2 is 2.19 bits per heavy atom. The number of rotatable bonds is 3. The number of aromatic nitrogens is 1. The topological polar surface area (TPSA) is 14.2 Å². The molecule has 0 aliphatic rings. The Morgan fingerprint density at radius 3 is 2.81 bits per heavy atom. The molecule has 0 amide bonds. The molecule has 0 N–H and O–H groups in total. The molecule has 0 atom stereocenters. The number of ether oxygens (including phenoxy) is 1. The molecule has 0 radical (unpaired) electrons.